The fourth-order valence-corrected chi connectivity index (χ4v) is 2.38. The molecule has 25 heavy (non-hydrogen) atoms. The number of aryl methyl sites for hydroxylation is 2. The molecule has 0 nitrogen and oxygen atoms in total. The van der Waals surface area contributed by atoms with E-state index in [1.165, 1.54) is 35.1 Å². The minimum Gasteiger partial charge on any atom is -1.00 e. The molecular formula is C22H34Cl2Zr. The molecule has 0 aliphatic rings. The Bertz CT molecular complexity index is 524. The molecule has 2 aromatic carbocycles. The molecule has 0 spiro atoms. The topological polar surface area (TPSA) is 0 Å². The predicted octanol–water partition coefficient (Wildman–Crippen LogP) is 0.809. The van der Waals surface area contributed by atoms with E-state index >= 15 is 0 Å². The fourth-order valence-electron chi connectivity index (χ4n) is 2.38. The molecule has 2 aromatic rings. The van der Waals surface area contributed by atoms with Crippen molar-refractivity contribution < 1.29 is 51.0 Å². The smallest absolute Gasteiger partial charge is 1.00 e. The van der Waals surface area contributed by atoms with Crippen molar-refractivity contribution in [1.82, 2.24) is 0 Å². The number of hydrogen-bond donors (Lipinski definition) is 0. The van der Waals surface area contributed by atoms with Crippen LogP contribution in [0.25, 0.3) is 0 Å². The molecule has 0 aromatic heterocycles. The van der Waals surface area contributed by atoms with Gasteiger partial charge in [0.05, 0.1) is 0 Å². The van der Waals surface area contributed by atoms with E-state index in [4.69, 9.17) is 0 Å². The van der Waals surface area contributed by atoms with Crippen molar-refractivity contribution in [3.05, 3.63) is 58.7 Å². The van der Waals surface area contributed by atoms with Gasteiger partial charge in [-0.15, -0.1) is 0 Å². The van der Waals surface area contributed by atoms with Crippen molar-refractivity contribution in [2.24, 2.45) is 0 Å². The minimum atomic E-state index is 0. The van der Waals surface area contributed by atoms with Gasteiger partial charge in [-0.2, -0.15) is 46.5 Å². The van der Waals surface area contributed by atoms with E-state index < -0.39 is 0 Å². The van der Waals surface area contributed by atoms with Crippen molar-refractivity contribution in [2.75, 3.05) is 0 Å². The first kappa shape index (κ1) is 29.9. The van der Waals surface area contributed by atoms with Gasteiger partial charge in [0, 0.05) is 0 Å². The molecule has 0 amide bonds. The average Bonchev–Trinajstić information content (AvgIpc) is 3.09. The van der Waals surface area contributed by atoms with Gasteiger partial charge in [0.2, 0.25) is 0 Å². The number of halogens is 2. The molecule has 2 rings (SSSR count). The maximum absolute atomic E-state index is 2.29. The van der Waals surface area contributed by atoms with Gasteiger partial charge >= 0.3 is 26.2 Å². The second-order valence-corrected chi connectivity index (χ2v) is 7.83. The quantitative estimate of drug-likeness (QED) is 0.593. The molecule has 0 radical (unpaired) electrons. The van der Waals surface area contributed by atoms with Crippen LogP contribution >= 0.6 is 0 Å². The van der Waals surface area contributed by atoms with E-state index in [0.717, 1.165) is 0 Å². The minimum absolute atomic E-state index is 0. The summed E-state index contributed by atoms with van der Waals surface area (Å²) >= 11 is 0. The summed E-state index contributed by atoms with van der Waals surface area (Å²) < 4.78 is 0. The summed E-state index contributed by atoms with van der Waals surface area (Å²) in [6.45, 7) is 17.9. The summed E-state index contributed by atoms with van der Waals surface area (Å²) in [5.41, 5.74) is 6.40. The van der Waals surface area contributed by atoms with Gasteiger partial charge < -0.3 is 24.8 Å². The molecule has 0 atom stereocenters. The summed E-state index contributed by atoms with van der Waals surface area (Å²) in [7, 11) is 0. The van der Waals surface area contributed by atoms with Crippen LogP contribution in [-0.4, -0.2) is 0 Å². The zero-order chi connectivity index (χ0) is 17.0. The number of hydrogen-bond acceptors (Lipinski definition) is 0. The van der Waals surface area contributed by atoms with Crippen LogP contribution in [0, 0.1) is 13.8 Å². The van der Waals surface area contributed by atoms with Gasteiger partial charge in [-0.25, -0.2) is 12.1 Å². The predicted molar refractivity (Wildman–Crippen MR) is 100 cm³/mol. The van der Waals surface area contributed by atoms with Crippen LogP contribution in [0.4, 0.5) is 0 Å². The third kappa shape index (κ3) is 9.08. The van der Waals surface area contributed by atoms with E-state index in [1.54, 1.807) is 0 Å². The van der Waals surface area contributed by atoms with Crippen molar-refractivity contribution in [3.63, 3.8) is 0 Å². The van der Waals surface area contributed by atoms with Gasteiger partial charge in [-0.3, -0.25) is 0 Å². The normalized spacial score (nSPS) is 10.6. The molecule has 0 fully saturated rings. The molecule has 0 bridgehead atoms. The second kappa shape index (κ2) is 12.5. The van der Waals surface area contributed by atoms with Gasteiger partial charge in [0.1, 0.15) is 0 Å². The molecule has 0 saturated carbocycles. The third-order valence-electron chi connectivity index (χ3n) is 5.15. The van der Waals surface area contributed by atoms with Crippen molar-refractivity contribution in [2.45, 2.75) is 79.1 Å². The van der Waals surface area contributed by atoms with E-state index in [1.807, 2.05) is 0 Å². The van der Waals surface area contributed by atoms with Crippen LogP contribution in [0.3, 0.4) is 0 Å². The Morgan fingerprint density at radius 2 is 1.00 bits per heavy atom. The van der Waals surface area contributed by atoms with Gasteiger partial charge in [-0.05, 0) is 0 Å². The first-order valence-electron chi connectivity index (χ1n) is 8.60. The van der Waals surface area contributed by atoms with Crippen LogP contribution in [0.15, 0.2) is 36.4 Å². The summed E-state index contributed by atoms with van der Waals surface area (Å²) in [5.74, 6) is 0. The van der Waals surface area contributed by atoms with Crippen LogP contribution in [-0.2, 0) is 37.0 Å². The van der Waals surface area contributed by atoms with Crippen LogP contribution in [0.5, 0.6) is 0 Å². The molecule has 0 unspecified atom stereocenters. The molecule has 0 N–H and O–H groups in total. The second-order valence-electron chi connectivity index (χ2n) is 7.83. The van der Waals surface area contributed by atoms with Gasteiger partial charge in [0.25, 0.3) is 0 Å². The zero-order valence-electron chi connectivity index (χ0n) is 17.1. The summed E-state index contributed by atoms with van der Waals surface area (Å²) in [6, 6.07) is 13.4. The molecule has 140 valence electrons. The molecule has 0 aliphatic carbocycles. The largest absolute Gasteiger partial charge is 4.00 e. The Balaban J connectivity index is -0.000000346. The van der Waals surface area contributed by atoms with Crippen LogP contribution in [0.2, 0.25) is 0 Å². The van der Waals surface area contributed by atoms with E-state index in [2.05, 4.69) is 91.8 Å². The zero-order valence-corrected chi connectivity index (χ0v) is 21.1. The van der Waals surface area contributed by atoms with E-state index in [0.29, 0.717) is 10.8 Å². The monoisotopic (exact) mass is 458 g/mol. The first-order chi connectivity index (χ1) is 10.1. The standard InChI is InChI=1S/2C11H17.2ClH.Zr/c2*1-5-11(3,4)10-7-6-9(2)8-10;;;/h2*6-8H,5H2,1-4H3;2*1H;/q2*-1;;;+4/p-2. The van der Waals surface area contributed by atoms with Crippen LogP contribution in [0.1, 0.15) is 76.6 Å². The molecule has 3 heteroatoms. The molecule has 0 heterocycles. The fraction of sp³-hybridized carbons (Fsp3) is 0.545. The average molecular weight is 461 g/mol. The first-order valence-corrected chi connectivity index (χ1v) is 8.60. The van der Waals surface area contributed by atoms with Gasteiger partial charge in [0.15, 0.2) is 0 Å². The summed E-state index contributed by atoms with van der Waals surface area (Å²) in [4.78, 5) is 0. The Morgan fingerprint density at radius 1 is 0.720 bits per heavy atom. The van der Waals surface area contributed by atoms with E-state index in [-0.39, 0.29) is 51.0 Å². The molecular weight excluding hydrogens is 426 g/mol. The Hall–Kier alpha value is 0.163. The molecule has 0 aliphatic heterocycles. The van der Waals surface area contributed by atoms with E-state index in [9.17, 15) is 0 Å². The van der Waals surface area contributed by atoms with Gasteiger partial charge in [-0.1, -0.05) is 79.1 Å². The Kier molecular flexibility index (Phi) is 15.0. The third-order valence-corrected chi connectivity index (χ3v) is 5.15. The summed E-state index contributed by atoms with van der Waals surface area (Å²) in [6.07, 6.45) is 2.41. The van der Waals surface area contributed by atoms with Crippen molar-refractivity contribution in [1.29, 1.82) is 0 Å². The van der Waals surface area contributed by atoms with Crippen molar-refractivity contribution >= 4 is 0 Å². The SMILES string of the molecule is CCC(C)(C)c1cc[c-](C)c1.CCC(C)(C)c1cc[c-](C)c1.[Cl-].[Cl-].[Zr+4]. The number of rotatable bonds is 4. The Morgan fingerprint density at radius 3 is 1.16 bits per heavy atom. The Labute approximate surface area is 187 Å². The summed E-state index contributed by atoms with van der Waals surface area (Å²) in [5, 5.41) is 0. The molecule has 0 saturated heterocycles. The maximum Gasteiger partial charge on any atom is 4.00 e. The van der Waals surface area contributed by atoms with Crippen LogP contribution < -0.4 is 24.8 Å². The van der Waals surface area contributed by atoms with Crippen molar-refractivity contribution in [3.8, 4) is 0 Å². The maximum atomic E-state index is 2.29.